The molecule has 6 aliphatic rings. The quantitative estimate of drug-likeness (QED) is 0.277. The third kappa shape index (κ3) is 4.76. The second-order valence-electron chi connectivity index (χ2n) is 19.0. The third-order valence-electron chi connectivity index (χ3n) is 16.2. The molecule has 0 radical (unpaired) electrons. The van der Waals surface area contributed by atoms with E-state index in [1.165, 1.54) is 68.9 Å². The van der Waals surface area contributed by atoms with Gasteiger partial charge in [0.2, 0.25) is 0 Å². The maximum atomic E-state index is 10.9. The van der Waals surface area contributed by atoms with Crippen molar-refractivity contribution in [3.63, 3.8) is 0 Å². The number of hydrogen-bond acceptors (Lipinski definition) is 3. The van der Waals surface area contributed by atoms with Crippen LogP contribution in [0.3, 0.4) is 0 Å². The Balaban J connectivity index is 0.000000270. The molecule has 250 valence electrons. The molecule has 12 atom stereocenters. The van der Waals surface area contributed by atoms with Gasteiger partial charge in [-0.05, 0) is 153 Å². The molecule has 0 aliphatic heterocycles. The smallest absolute Gasteiger partial charge is 0.307 e. The largest absolute Gasteiger partial charge is 0.481 e. The van der Waals surface area contributed by atoms with Gasteiger partial charge < -0.3 is 15.3 Å². The topological polar surface area (TPSA) is 77.8 Å². The normalized spacial score (nSPS) is 49.5. The molecule has 6 saturated carbocycles. The zero-order valence-electron chi connectivity index (χ0n) is 29.9. The van der Waals surface area contributed by atoms with Crippen LogP contribution in [0.5, 0.6) is 0 Å². The molecular weight excluding hydrogens is 544 g/mol. The molecule has 0 bridgehead atoms. The molecule has 0 aromatic rings. The fourth-order valence-corrected chi connectivity index (χ4v) is 13.4. The Morgan fingerprint density at radius 2 is 1.45 bits per heavy atom. The van der Waals surface area contributed by atoms with Crippen molar-refractivity contribution in [1.82, 2.24) is 0 Å². The monoisotopic (exact) mass is 610 g/mol. The van der Waals surface area contributed by atoms with E-state index < -0.39 is 5.97 Å². The van der Waals surface area contributed by atoms with Crippen molar-refractivity contribution in [3.05, 3.63) is 23.8 Å². The van der Waals surface area contributed by atoms with Gasteiger partial charge in [-0.15, -0.1) is 0 Å². The molecule has 0 aromatic carbocycles. The zero-order chi connectivity index (χ0) is 32.8. The van der Waals surface area contributed by atoms with E-state index >= 15 is 0 Å². The van der Waals surface area contributed by atoms with Crippen LogP contribution in [0.4, 0.5) is 0 Å². The number of aliphatic hydroxyl groups is 2. The molecule has 6 rings (SSSR count). The summed E-state index contributed by atoms with van der Waals surface area (Å²) in [6.45, 7) is 27.8. The van der Waals surface area contributed by atoms with Gasteiger partial charge in [0, 0.05) is 6.61 Å². The van der Waals surface area contributed by atoms with Crippen molar-refractivity contribution in [1.29, 1.82) is 0 Å². The average molecular weight is 611 g/mol. The van der Waals surface area contributed by atoms with Gasteiger partial charge in [0.05, 0.1) is 12.0 Å². The van der Waals surface area contributed by atoms with Crippen LogP contribution in [0, 0.1) is 73.9 Å². The van der Waals surface area contributed by atoms with E-state index in [9.17, 15) is 15.0 Å². The summed E-state index contributed by atoms with van der Waals surface area (Å²) in [5.41, 5.74) is 3.77. The number of aliphatic hydroxyl groups excluding tert-OH is 2. The summed E-state index contributed by atoms with van der Waals surface area (Å²) < 4.78 is 0. The highest BCUT2D eigenvalue weighted by molar-refractivity contribution is 5.76. The lowest BCUT2D eigenvalue weighted by atomic mass is 9.32. The first-order valence-electron chi connectivity index (χ1n) is 18.1. The Morgan fingerprint density at radius 3 is 2.00 bits per heavy atom. The van der Waals surface area contributed by atoms with Crippen molar-refractivity contribution in [3.8, 4) is 0 Å². The van der Waals surface area contributed by atoms with Gasteiger partial charge in [-0.1, -0.05) is 72.3 Å². The lowest BCUT2D eigenvalue weighted by Crippen LogP contribution is -2.66. The Labute approximate surface area is 269 Å². The van der Waals surface area contributed by atoms with E-state index in [4.69, 9.17) is 5.11 Å². The van der Waals surface area contributed by atoms with Crippen LogP contribution in [0.1, 0.15) is 133 Å². The Hall–Kier alpha value is -1.13. The van der Waals surface area contributed by atoms with Crippen molar-refractivity contribution < 1.29 is 20.1 Å². The number of aliphatic carboxylic acids is 1. The lowest BCUT2D eigenvalue weighted by molar-refractivity contribution is -0.249. The highest BCUT2D eigenvalue weighted by Crippen LogP contribution is 2.77. The average Bonchev–Trinajstić information content (AvgIpc) is 3.25. The highest BCUT2D eigenvalue weighted by Gasteiger charge is 2.70. The van der Waals surface area contributed by atoms with Crippen LogP contribution in [-0.4, -0.2) is 34.0 Å². The van der Waals surface area contributed by atoms with Crippen LogP contribution in [0.25, 0.3) is 0 Å². The summed E-state index contributed by atoms with van der Waals surface area (Å²) in [6.07, 6.45) is 14.3. The molecule has 6 fully saturated rings. The summed E-state index contributed by atoms with van der Waals surface area (Å²) in [7, 11) is 0. The predicted molar refractivity (Wildman–Crippen MR) is 180 cm³/mol. The van der Waals surface area contributed by atoms with Crippen LogP contribution in [-0.2, 0) is 4.79 Å². The van der Waals surface area contributed by atoms with E-state index in [-0.39, 0.29) is 34.2 Å². The second-order valence-corrected chi connectivity index (χ2v) is 19.0. The number of rotatable bonds is 4. The van der Waals surface area contributed by atoms with Gasteiger partial charge in [-0.25, -0.2) is 0 Å². The summed E-state index contributed by atoms with van der Waals surface area (Å²) in [4.78, 5) is 10.7. The van der Waals surface area contributed by atoms with Gasteiger partial charge in [-0.2, -0.15) is 0 Å². The van der Waals surface area contributed by atoms with Crippen LogP contribution in [0.15, 0.2) is 23.8 Å². The van der Waals surface area contributed by atoms with Crippen molar-refractivity contribution in [2.24, 2.45) is 73.9 Å². The number of hydrogen-bond donors (Lipinski definition) is 3. The second kappa shape index (κ2) is 11.0. The SMILES string of the molecule is C=C(C)[C@@H]1CC[C@]2(CO)CC[C@]3(C)[C@H](CC[C@@H]4[C@@]5(C)CC[C@H](O)C(C)(C)[C@@H]5CC[C@]43C)[C@@H]12.CC(C)=CC1C(C(=O)O)C1(C)C. The Bertz CT molecular complexity index is 1180. The van der Waals surface area contributed by atoms with Crippen molar-refractivity contribution >= 4 is 5.97 Å². The number of carbonyl (C=O) groups is 1. The molecule has 3 N–H and O–H groups in total. The zero-order valence-corrected chi connectivity index (χ0v) is 29.9. The minimum atomic E-state index is -0.664. The molecule has 0 amide bonds. The van der Waals surface area contributed by atoms with E-state index in [0.29, 0.717) is 40.6 Å². The Kier molecular flexibility index (Phi) is 8.52. The fourth-order valence-electron chi connectivity index (χ4n) is 13.4. The minimum absolute atomic E-state index is 0.0290. The van der Waals surface area contributed by atoms with Crippen LogP contribution >= 0.6 is 0 Å². The summed E-state index contributed by atoms with van der Waals surface area (Å²) in [5.74, 6) is 2.73. The molecule has 4 heteroatoms. The molecule has 44 heavy (non-hydrogen) atoms. The molecule has 0 heterocycles. The molecule has 4 nitrogen and oxygen atoms in total. The number of carboxylic acids is 1. The van der Waals surface area contributed by atoms with Gasteiger partial charge in [-0.3, -0.25) is 4.79 Å². The first-order valence-corrected chi connectivity index (χ1v) is 18.1. The highest BCUT2D eigenvalue weighted by atomic mass is 16.4. The maximum absolute atomic E-state index is 10.9. The summed E-state index contributed by atoms with van der Waals surface area (Å²) in [5, 5.41) is 30.4. The van der Waals surface area contributed by atoms with E-state index in [1.54, 1.807) is 0 Å². The molecule has 6 aliphatic carbocycles. The van der Waals surface area contributed by atoms with Gasteiger partial charge in [0.1, 0.15) is 0 Å². The minimum Gasteiger partial charge on any atom is -0.481 e. The van der Waals surface area contributed by atoms with Crippen LogP contribution in [0.2, 0.25) is 0 Å². The standard InChI is InChI=1S/C30H50O2.C10H16O2/c1-19(2)20-10-15-30(18-31)17-16-28(6)21(25(20)30)8-9-23-27(5)13-12-24(32)26(3,4)22(27)11-14-29(23,28)7;1-6(2)5-7-8(9(11)12)10(7,3)4/h20-25,31-32H,1,8-18H2,2-7H3;5,7-8H,1-4H3,(H,11,12)/t20-,21+,22-,23+,24-,25+,27-,28+,29+,30+;/m0./s1. The van der Waals surface area contributed by atoms with Crippen molar-refractivity contribution in [2.45, 2.75) is 140 Å². The Morgan fingerprint density at radius 1 is 0.795 bits per heavy atom. The molecule has 0 saturated heterocycles. The van der Waals surface area contributed by atoms with Crippen LogP contribution < -0.4 is 0 Å². The first-order chi connectivity index (χ1) is 20.2. The van der Waals surface area contributed by atoms with Gasteiger partial charge >= 0.3 is 5.97 Å². The summed E-state index contributed by atoms with van der Waals surface area (Å²) >= 11 is 0. The molecular formula is C40H66O4. The number of fused-ring (bicyclic) bond motifs is 7. The van der Waals surface area contributed by atoms with Gasteiger partial charge in [0.25, 0.3) is 0 Å². The summed E-state index contributed by atoms with van der Waals surface area (Å²) in [6, 6.07) is 0. The lowest BCUT2D eigenvalue weighted by Gasteiger charge is -2.73. The van der Waals surface area contributed by atoms with Crippen molar-refractivity contribution in [2.75, 3.05) is 6.61 Å². The number of carboxylic acid groups (broad SMARTS) is 1. The number of allylic oxidation sites excluding steroid dienone is 3. The van der Waals surface area contributed by atoms with E-state index in [1.807, 2.05) is 27.7 Å². The fraction of sp³-hybridized carbons (Fsp3) is 0.875. The predicted octanol–water partition coefficient (Wildman–Crippen LogP) is 9.31. The van der Waals surface area contributed by atoms with E-state index in [2.05, 4.69) is 54.2 Å². The maximum Gasteiger partial charge on any atom is 0.307 e. The van der Waals surface area contributed by atoms with Gasteiger partial charge in [0.15, 0.2) is 0 Å². The molecule has 2 unspecified atom stereocenters. The third-order valence-corrected chi connectivity index (χ3v) is 16.2. The van der Waals surface area contributed by atoms with E-state index in [0.717, 1.165) is 18.3 Å². The molecule has 0 spiro atoms. The molecule has 0 aromatic heterocycles. The first kappa shape index (κ1) is 34.2.